The lowest BCUT2D eigenvalue weighted by Crippen LogP contribution is -2.16. The number of rotatable bonds is 6. The van der Waals surface area contributed by atoms with Crippen LogP contribution >= 0.6 is 0 Å². The number of benzene rings is 9. The second kappa shape index (κ2) is 13.3. The van der Waals surface area contributed by atoms with Gasteiger partial charge in [0.2, 0.25) is 0 Å². The van der Waals surface area contributed by atoms with Gasteiger partial charge < -0.3 is 4.90 Å². The summed E-state index contributed by atoms with van der Waals surface area (Å²) >= 11 is 0. The van der Waals surface area contributed by atoms with E-state index in [1.165, 1.54) is 105 Å². The van der Waals surface area contributed by atoms with Crippen LogP contribution in [0.1, 0.15) is 36.1 Å². The lowest BCUT2D eigenvalue weighted by atomic mass is 9.81. The van der Waals surface area contributed by atoms with Crippen molar-refractivity contribution in [3.63, 3.8) is 0 Å². The standard InChI is InChI=1S/C55H43N/c1-36-15-13-21-42(31-36)56(43-22-14-16-37(2)32-43)44-27-30-46-45-28-25-41(34-51(45)55(3,4)52(46)35-44)40-26-29-49-50(33-40)54(39-19-9-6-10-20-39)48-24-12-11-23-47(48)53(49)38-17-7-5-8-18-38/h5-35H,1-4H3. The van der Waals surface area contributed by atoms with Crippen LogP contribution in [0.2, 0.25) is 0 Å². The van der Waals surface area contributed by atoms with Crippen molar-refractivity contribution in [1.82, 2.24) is 0 Å². The van der Waals surface area contributed by atoms with Crippen molar-refractivity contribution in [2.24, 2.45) is 0 Å². The molecule has 9 aromatic rings. The molecule has 0 spiro atoms. The van der Waals surface area contributed by atoms with Crippen molar-refractivity contribution in [3.05, 3.63) is 210 Å². The van der Waals surface area contributed by atoms with E-state index in [1.54, 1.807) is 0 Å². The van der Waals surface area contributed by atoms with E-state index < -0.39 is 0 Å². The van der Waals surface area contributed by atoms with Crippen molar-refractivity contribution < 1.29 is 0 Å². The van der Waals surface area contributed by atoms with E-state index in [-0.39, 0.29) is 5.41 Å². The Labute approximate surface area is 330 Å². The van der Waals surface area contributed by atoms with Crippen LogP contribution in [0.3, 0.4) is 0 Å². The fourth-order valence-electron chi connectivity index (χ4n) is 9.22. The lowest BCUT2D eigenvalue weighted by Gasteiger charge is -2.28. The predicted octanol–water partition coefficient (Wildman–Crippen LogP) is 15.4. The minimum Gasteiger partial charge on any atom is -0.310 e. The van der Waals surface area contributed by atoms with Crippen molar-refractivity contribution in [3.8, 4) is 44.5 Å². The average Bonchev–Trinajstić information content (AvgIpc) is 3.45. The molecule has 0 radical (unpaired) electrons. The highest BCUT2D eigenvalue weighted by Crippen LogP contribution is 2.52. The molecule has 0 saturated carbocycles. The second-order valence-electron chi connectivity index (χ2n) is 15.9. The molecule has 0 fully saturated rings. The summed E-state index contributed by atoms with van der Waals surface area (Å²) in [6, 6.07) is 69.6. The summed E-state index contributed by atoms with van der Waals surface area (Å²) < 4.78 is 0. The molecular formula is C55H43N. The monoisotopic (exact) mass is 717 g/mol. The highest BCUT2D eigenvalue weighted by Gasteiger charge is 2.36. The van der Waals surface area contributed by atoms with Gasteiger partial charge in [0.15, 0.2) is 0 Å². The molecule has 0 heterocycles. The van der Waals surface area contributed by atoms with E-state index in [1.807, 2.05) is 0 Å². The van der Waals surface area contributed by atoms with Crippen LogP contribution in [-0.2, 0) is 5.41 Å². The fraction of sp³-hybridized carbons (Fsp3) is 0.0909. The summed E-state index contributed by atoms with van der Waals surface area (Å²) in [5.41, 5.74) is 18.7. The first kappa shape index (κ1) is 33.8. The maximum atomic E-state index is 2.45. The number of nitrogens with zero attached hydrogens (tertiary/aromatic N) is 1. The molecule has 0 bridgehead atoms. The summed E-state index contributed by atoms with van der Waals surface area (Å²) in [6.45, 7) is 9.11. The molecule has 0 amide bonds. The van der Waals surface area contributed by atoms with Gasteiger partial charge in [0.25, 0.3) is 0 Å². The first-order chi connectivity index (χ1) is 27.3. The van der Waals surface area contributed by atoms with E-state index >= 15 is 0 Å². The molecule has 1 aliphatic rings. The molecule has 1 aliphatic carbocycles. The topological polar surface area (TPSA) is 3.24 Å². The zero-order chi connectivity index (χ0) is 38.0. The Balaban J connectivity index is 1.12. The van der Waals surface area contributed by atoms with Crippen molar-refractivity contribution in [2.45, 2.75) is 33.1 Å². The van der Waals surface area contributed by atoms with Crippen molar-refractivity contribution >= 4 is 38.6 Å². The van der Waals surface area contributed by atoms with Gasteiger partial charge in [-0.25, -0.2) is 0 Å². The maximum Gasteiger partial charge on any atom is 0.0465 e. The summed E-state index contributed by atoms with van der Waals surface area (Å²) in [6.07, 6.45) is 0. The summed E-state index contributed by atoms with van der Waals surface area (Å²) in [5.74, 6) is 0. The third-order valence-corrected chi connectivity index (χ3v) is 11.9. The molecule has 0 saturated heterocycles. The van der Waals surface area contributed by atoms with Crippen LogP contribution in [0.5, 0.6) is 0 Å². The third kappa shape index (κ3) is 5.54. The number of hydrogen-bond acceptors (Lipinski definition) is 1. The van der Waals surface area contributed by atoms with Gasteiger partial charge in [-0.3, -0.25) is 0 Å². The number of anilines is 3. The minimum absolute atomic E-state index is 0.190. The van der Waals surface area contributed by atoms with Gasteiger partial charge in [-0.15, -0.1) is 0 Å². The Kier molecular flexibility index (Phi) is 8.01. The summed E-state index contributed by atoms with van der Waals surface area (Å²) in [4.78, 5) is 2.40. The fourth-order valence-corrected chi connectivity index (χ4v) is 9.22. The van der Waals surface area contributed by atoms with Crippen LogP contribution in [0.25, 0.3) is 66.1 Å². The molecule has 0 aromatic heterocycles. The van der Waals surface area contributed by atoms with Gasteiger partial charge in [-0.2, -0.15) is 0 Å². The molecule has 56 heavy (non-hydrogen) atoms. The Morgan fingerprint density at radius 1 is 0.339 bits per heavy atom. The molecule has 1 nitrogen and oxygen atoms in total. The Hall–Kier alpha value is -6.70. The summed E-state index contributed by atoms with van der Waals surface area (Å²) in [7, 11) is 0. The smallest absolute Gasteiger partial charge is 0.0465 e. The van der Waals surface area contributed by atoms with E-state index in [0.29, 0.717) is 0 Å². The average molecular weight is 718 g/mol. The van der Waals surface area contributed by atoms with E-state index in [0.717, 1.165) is 0 Å². The minimum atomic E-state index is -0.190. The predicted molar refractivity (Wildman–Crippen MR) is 239 cm³/mol. The van der Waals surface area contributed by atoms with Gasteiger partial charge in [-0.1, -0.05) is 153 Å². The molecule has 0 aliphatic heterocycles. The maximum absolute atomic E-state index is 2.45. The van der Waals surface area contributed by atoms with Crippen LogP contribution in [0.15, 0.2) is 188 Å². The quantitative estimate of drug-likeness (QED) is 0.155. The molecule has 0 N–H and O–H groups in total. The van der Waals surface area contributed by atoms with Gasteiger partial charge in [-0.05, 0) is 151 Å². The molecule has 9 aromatic carbocycles. The Morgan fingerprint density at radius 2 is 0.804 bits per heavy atom. The van der Waals surface area contributed by atoms with Crippen LogP contribution in [0.4, 0.5) is 17.1 Å². The van der Waals surface area contributed by atoms with Crippen molar-refractivity contribution in [1.29, 1.82) is 0 Å². The zero-order valence-corrected chi connectivity index (χ0v) is 32.3. The molecular weight excluding hydrogens is 675 g/mol. The Morgan fingerprint density at radius 3 is 1.39 bits per heavy atom. The number of fused-ring (bicyclic) bond motifs is 5. The molecule has 1 heteroatoms. The lowest BCUT2D eigenvalue weighted by molar-refractivity contribution is 0.660. The Bertz CT molecular complexity index is 2910. The van der Waals surface area contributed by atoms with Crippen molar-refractivity contribution in [2.75, 3.05) is 4.90 Å². The first-order valence-corrected chi connectivity index (χ1v) is 19.7. The van der Waals surface area contributed by atoms with Gasteiger partial charge in [0.1, 0.15) is 0 Å². The molecule has 0 unspecified atom stereocenters. The van der Waals surface area contributed by atoms with E-state index in [4.69, 9.17) is 0 Å². The van der Waals surface area contributed by atoms with Crippen LogP contribution < -0.4 is 4.90 Å². The third-order valence-electron chi connectivity index (χ3n) is 11.9. The second-order valence-corrected chi connectivity index (χ2v) is 15.9. The van der Waals surface area contributed by atoms with Crippen LogP contribution in [0, 0.1) is 13.8 Å². The van der Waals surface area contributed by atoms with Gasteiger partial charge in [0.05, 0.1) is 0 Å². The number of hydrogen-bond donors (Lipinski definition) is 0. The highest BCUT2D eigenvalue weighted by atomic mass is 15.1. The first-order valence-electron chi connectivity index (χ1n) is 19.7. The molecule has 0 atom stereocenters. The molecule has 268 valence electrons. The van der Waals surface area contributed by atoms with E-state index in [2.05, 4.69) is 221 Å². The van der Waals surface area contributed by atoms with Crippen LogP contribution in [-0.4, -0.2) is 0 Å². The SMILES string of the molecule is Cc1cccc(N(c2cccc(C)c2)c2ccc3c(c2)C(C)(C)c2cc(-c4ccc5c(-c6ccccc6)c6ccccc6c(-c6ccccc6)c5c4)ccc2-3)c1. The largest absolute Gasteiger partial charge is 0.310 e. The normalized spacial score (nSPS) is 12.8. The summed E-state index contributed by atoms with van der Waals surface area (Å²) in [5, 5.41) is 5.09. The number of aryl methyl sites for hydroxylation is 2. The van der Waals surface area contributed by atoms with Gasteiger partial charge >= 0.3 is 0 Å². The highest BCUT2D eigenvalue weighted by molar-refractivity contribution is 6.22. The molecule has 10 rings (SSSR count). The zero-order valence-electron chi connectivity index (χ0n) is 32.3. The van der Waals surface area contributed by atoms with E-state index in [9.17, 15) is 0 Å². The van der Waals surface area contributed by atoms with Gasteiger partial charge in [0, 0.05) is 22.5 Å².